The number of allylic oxidation sites excluding steroid dienone is 2. The third kappa shape index (κ3) is 6.05. The Kier molecular flexibility index (Phi) is 10.2. The van der Waals surface area contributed by atoms with Gasteiger partial charge in [0.1, 0.15) is 30.5 Å². The second-order valence-electron chi connectivity index (χ2n) is 12.6. The van der Waals surface area contributed by atoms with E-state index in [9.17, 15) is 33.9 Å². The number of esters is 5. The lowest BCUT2D eigenvalue weighted by molar-refractivity contribution is -0.227. The highest BCUT2D eigenvalue weighted by atomic mass is 16.6. The summed E-state index contributed by atoms with van der Waals surface area (Å²) in [5.41, 5.74) is -5.92. The second-order valence-corrected chi connectivity index (χ2v) is 12.6. The van der Waals surface area contributed by atoms with Gasteiger partial charge in [0.05, 0.1) is 11.3 Å². The predicted octanol–water partition coefficient (Wildman–Crippen LogP) is 2.78. The first-order chi connectivity index (χ1) is 20.4. The fourth-order valence-electron chi connectivity index (χ4n) is 7.79. The molecule has 0 aromatic carbocycles. The molecule has 3 aliphatic carbocycles. The molecule has 0 saturated heterocycles. The molecule has 12 heteroatoms. The maximum Gasteiger partial charge on any atom is 0.306 e. The summed E-state index contributed by atoms with van der Waals surface area (Å²) >= 11 is 0. The first-order valence-corrected chi connectivity index (χ1v) is 14.8. The van der Waals surface area contributed by atoms with Crippen LogP contribution in [0.2, 0.25) is 0 Å². The normalized spacial score (nSPS) is 37.5. The quantitative estimate of drug-likeness (QED) is 0.228. The molecule has 0 unspecified atom stereocenters. The molecule has 244 valence electrons. The molecule has 0 aromatic heterocycles. The van der Waals surface area contributed by atoms with E-state index in [1.807, 2.05) is 0 Å². The lowest BCUT2D eigenvalue weighted by atomic mass is 9.53. The Morgan fingerprint density at radius 3 is 2.07 bits per heavy atom. The minimum atomic E-state index is -2.37. The Morgan fingerprint density at radius 1 is 0.955 bits per heavy atom. The van der Waals surface area contributed by atoms with Gasteiger partial charge in [-0.15, -0.1) is 0 Å². The average molecular weight is 621 g/mol. The van der Waals surface area contributed by atoms with E-state index in [4.69, 9.17) is 23.7 Å². The SMILES string of the molecule is C=C(C)[C@@H]1C=C[C@@H](OC(C)=O)[C@]2(COC(C)=O)[C@H](OC(=O)CCC)[C@H]3[C@@H](OC(C)=O)[C@@H](C)C[C@]3(O)C(=O)[C@@](C)(OC(C)=O)[C@H]12. The Morgan fingerprint density at radius 2 is 1.57 bits per heavy atom. The van der Waals surface area contributed by atoms with E-state index in [0.29, 0.717) is 12.0 Å². The van der Waals surface area contributed by atoms with E-state index in [1.165, 1.54) is 19.9 Å². The zero-order chi connectivity index (χ0) is 33.4. The van der Waals surface area contributed by atoms with Crippen molar-refractivity contribution in [2.75, 3.05) is 6.61 Å². The van der Waals surface area contributed by atoms with Crippen molar-refractivity contribution in [1.82, 2.24) is 0 Å². The van der Waals surface area contributed by atoms with Crippen LogP contribution in [0, 0.1) is 29.1 Å². The maximum absolute atomic E-state index is 14.9. The average Bonchev–Trinajstić information content (AvgIpc) is 3.11. The van der Waals surface area contributed by atoms with Crippen molar-refractivity contribution < 1.29 is 57.6 Å². The van der Waals surface area contributed by atoms with E-state index < -0.39 is 101 Å². The van der Waals surface area contributed by atoms with Crippen molar-refractivity contribution in [1.29, 1.82) is 0 Å². The van der Waals surface area contributed by atoms with Gasteiger partial charge < -0.3 is 28.8 Å². The lowest BCUT2D eigenvalue weighted by Crippen LogP contribution is -2.66. The zero-order valence-electron chi connectivity index (χ0n) is 26.7. The number of carbonyl (C=O) groups excluding carboxylic acids is 6. The number of ether oxygens (including phenoxy) is 5. The van der Waals surface area contributed by atoms with Gasteiger partial charge in [-0.3, -0.25) is 28.8 Å². The minimum absolute atomic E-state index is 0.0586. The number of carbonyl (C=O) groups is 6. The third-order valence-corrected chi connectivity index (χ3v) is 9.11. The summed E-state index contributed by atoms with van der Waals surface area (Å²) in [5, 5.41) is 12.5. The molecule has 0 bridgehead atoms. The molecule has 0 heterocycles. The van der Waals surface area contributed by atoms with Crippen molar-refractivity contribution in [3.63, 3.8) is 0 Å². The number of aliphatic hydroxyl groups is 1. The van der Waals surface area contributed by atoms with Crippen molar-refractivity contribution in [3.8, 4) is 0 Å². The molecule has 0 spiro atoms. The molecule has 44 heavy (non-hydrogen) atoms. The molecule has 10 atom stereocenters. The van der Waals surface area contributed by atoms with Gasteiger partial charge in [-0.1, -0.05) is 32.1 Å². The van der Waals surface area contributed by atoms with Crippen LogP contribution in [0.4, 0.5) is 0 Å². The van der Waals surface area contributed by atoms with E-state index in [1.54, 1.807) is 26.8 Å². The summed E-state index contributed by atoms with van der Waals surface area (Å²) in [6.07, 6.45) is -0.822. The van der Waals surface area contributed by atoms with E-state index in [2.05, 4.69) is 6.58 Å². The summed E-state index contributed by atoms with van der Waals surface area (Å²) < 4.78 is 29.3. The van der Waals surface area contributed by atoms with Gasteiger partial charge in [0.15, 0.2) is 5.60 Å². The van der Waals surface area contributed by atoms with Crippen LogP contribution in [0.15, 0.2) is 24.3 Å². The third-order valence-electron chi connectivity index (χ3n) is 9.11. The second kappa shape index (κ2) is 12.8. The molecule has 0 radical (unpaired) electrons. The minimum Gasteiger partial charge on any atom is -0.465 e. The van der Waals surface area contributed by atoms with Gasteiger partial charge in [-0.2, -0.15) is 0 Å². The van der Waals surface area contributed by atoms with Gasteiger partial charge in [0.2, 0.25) is 5.78 Å². The smallest absolute Gasteiger partial charge is 0.306 e. The first kappa shape index (κ1) is 34.9. The summed E-state index contributed by atoms with van der Waals surface area (Å²) in [5.74, 6) is -8.84. The van der Waals surface area contributed by atoms with Crippen LogP contribution >= 0.6 is 0 Å². The van der Waals surface area contributed by atoms with Crippen molar-refractivity contribution >= 4 is 35.6 Å². The number of fused-ring (bicyclic) bond motifs is 2. The highest BCUT2D eigenvalue weighted by Gasteiger charge is 2.78. The fourth-order valence-corrected chi connectivity index (χ4v) is 7.79. The Bertz CT molecular complexity index is 1250. The highest BCUT2D eigenvalue weighted by Crippen LogP contribution is 2.63. The Labute approximate surface area is 257 Å². The van der Waals surface area contributed by atoms with Crippen molar-refractivity contribution in [2.24, 2.45) is 29.1 Å². The summed E-state index contributed by atoms with van der Waals surface area (Å²) in [4.78, 5) is 78.5. The Balaban J connectivity index is 2.60. The number of hydrogen-bond donors (Lipinski definition) is 1. The van der Waals surface area contributed by atoms with Crippen LogP contribution in [0.3, 0.4) is 0 Å². The molecular formula is C32H44O12. The monoisotopic (exact) mass is 620 g/mol. The topological polar surface area (TPSA) is 169 Å². The predicted molar refractivity (Wildman–Crippen MR) is 153 cm³/mol. The number of ketones is 1. The molecule has 2 saturated carbocycles. The van der Waals surface area contributed by atoms with Gasteiger partial charge >= 0.3 is 29.8 Å². The van der Waals surface area contributed by atoms with E-state index in [-0.39, 0.29) is 12.8 Å². The van der Waals surface area contributed by atoms with Crippen molar-refractivity contribution in [3.05, 3.63) is 24.3 Å². The zero-order valence-corrected chi connectivity index (χ0v) is 26.7. The number of rotatable bonds is 9. The summed E-state index contributed by atoms with van der Waals surface area (Å²) in [7, 11) is 0. The maximum atomic E-state index is 14.9. The van der Waals surface area contributed by atoms with Gasteiger partial charge in [-0.25, -0.2) is 0 Å². The van der Waals surface area contributed by atoms with E-state index >= 15 is 0 Å². The molecule has 1 N–H and O–H groups in total. The summed E-state index contributed by atoms with van der Waals surface area (Å²) in [6.45, 7) is 14.5. The Hall–Kier alpha value is -3.54. The molecule has 0 amide bonds. The molecule has 3 aliphatic rings. The fraction of sp³-hybridized carbons (Fsp3) is 0.688. The van der Waals surface area contributed by atoms with Gasteiger partial charge in [-0.05, 0) is 38.7 Å². The molecular weight excluding hydrogens is 576 g/mol. The largest absolute Gasteiger partial charge is 0.465 e. The number of Topliss-reactive ketones (excluding diaryl/α,β-unsaturated/α-hetero) is 1. The molecule has 0 aromatic rings. The van der Waals surface area contributed by atoms with Crippen LogP contribution in [0.25, 0.3) is 0 Å². The summed E-state index contributed by atoms with van der Waals surface area (Å²) in [6, 6.07) is 0. The van der Waals surface area contributed by atoms with Crippen LogP contribution in [0.1, 0.15) is 74.7 Å². The highest BCUT2D eigenvalue weighted by molar-refractivity contribution is 5.98. The molecule has 2 fully saturated rings. The molecule has 0 aliphatic heterocycles. The van der Waals surface area contributed by atoms with Crippen LogP contribution in [0.5, 0.6) is 0 Å². The van der Waals surface area contributed by atoms with Gasteiger partial charge in [0, 0.05) is 46.0 Å². The van der Waals surface area contributed by atoms with E-state index in [0.717, 1.165) is 20.8 Å². The first-order valence-electron chi connectivity index (χ1n) is 14.8. The van der Waals surface area contributed by atoms with Crippen LogP contribution < -0.4 is 0 Å². The van der Waals surface area contributed by atoms with Gasteiger partial charge in [0.25, 0.3) is 0 Å². The van der Waals surface area contributed by atoms with Crippen LogP contribution in [-0.4, -0.2) is 76.9 Å². The van der Waals surface area contributed by atoms with Crippen molar-refractivity contribution in [2.45, 2.75) is 104 Å². The molecule has 3 rings (SSSR count). The van der Waals surface area contributed by atoms with Crippen LogP contribution in [-0.2, 0) is 52.5 Å². The standard InChI is InChI=1S/C32H44O12/c1-10-11-24(37)43-28-25-26(42-20(7)35)17(4)14-32(25,39)29(38)30(9,44-21(8)36)27-22(16(2)3)12-13-23(41-19(6)34)31(27,28)15-40-18(5)33/h12-13,17,22-23,25-28,39H,2,10-11,14-15H2,1,3-9H3/t17-,22-,23+,25+,26-,27-,28+,30-,31-,32+/m0/s1. The lowest BCUT2D eigenvalue weighted by Gasteiger charge is -2.55. The number of hydrogen-bond acceptors (Lipinski definition) is 12. The molecule has 12 nitrogen and oxygen atoms in total.